The lowest BCUT2D eigenvalue weighted by atomic mass is 9.96. The van der Waals surface area contributed by atoms with E-state index in [0.717, 1.165) is 6.42 Å². The summed E-state index contributed by atoms with van der Waals surface area (Å²) in [6.45, 7) is 4.57. The number of esters is 1. The zero-order valence-electron chi connectivity index (χ0n) is 12.3. The van der Waals surface area contributed by atoms with Crippen molar-refractivity contribution < 1.29 is 9.53 Å². The predicted octanol–water partition coefficient (Wildman–Crippen LogP) is 3.16. The maximum Gasteiger partial charge on any atom is 0.323 e. The number of carbonyl (C=O) groups excluding carboxylic acids is 1. The van der Waals surface area contributed by atoms with Crippen LogP contribution >= 0.6 is 0 Å². The third-order valence-corrected chi connectivity index (χ3v) is 4.89. The molecular formula is C17H23NO2. The third kappa shape index (κ3) is 2.24. The zero-order chi connectivity index (χ0) is 14.1. The van der Waals surface area contributed by atoms with E-state index >= 15 is 0 Å². The highest BCUT2D eigenvalue weighted by atomic mass is 16.5. The van der Waals surface area contributed by atoms with Crippen LogP contribution in [0.3, 0.4) is 0 Å². The molecule has 4 atom stereocenters. The Hall–Kier alpha value is -1.35. The SMILES string of the molecule is CCOC(=O)[C@@H]1[C@@H]2CC[C@@H](C2)N1[C@H](C)c1ccccc1. The quantitative estimate of drug-likeness (QED) is 0.789. The van der Waals surface area contributed by atoms with Crippen molar-refractivity contribution in [2.24, 2.45) is 5.92 Å². The molecule has 1 aliphatic carbocycles. The van der Waals surface area contributed by atoms with Crippen LogP contribution < -0.4 is 0 Å². The molecular weight excluding hydrogens is 250 g/mol. The number of nitrogens with zero attached hydrogens (tertiary/aromatic N) is 1. The molecule has 1 saturated heterocycles. The molecule has 0 amide bonds. The van der Waals surface area contributed by atoms with Gasteiger partial charge in [0.05, 0.1) is 6.61 Å². The van der Waals surface area contributed by atoms with Crippen LogP contribution in [0.4, 0.5) is 0 Å². The third-order valence-electron chi connectivity index (χ3n) is 4.89. The van der Waals surface area contributed by atoms with E-state index in [0.29, 0.717) is 18.6 Å². The smallest absolute Gasteiger partial charge is 0.323 e. The van der Waals surface area contributed by atoms with Crippen LogP contribution in [0.25, 0.3) is 0 Å². The van der Waals surface area contributed by atoms with E-state index in [1.807, 2.05) is 13.0 Å². The van der Waals surface area contributed by atoms with Gasteiger partial charge in [-0.3, -0.25) is 9.69 Å². The lowest BCUT2D eigenvalue weighted by molar-refractivity contribution is -0.152. The standard InChI is InChI=1S/C17H23NO2/c1-3-20-17(19)16-14-9-10-15(11-14)18(16)12(2)13-7-5-4-6-8-13/h4-8,12,14-16H,3,9-11H2,1-2H3/t12-,14-,15+,16+/m1/s1. The predicted molar refractivity (Wildman–Crippen MR) is 78.2 cm³/mol. The molecule has 3 nitrogen and oxygen atoms in total. The normalized spacial score (nSPS) is 30.4. The van der Waals surface area contributed by atoms with Crippen molar-refractivity contribution in [2.45, 2.75) is 51.2 Å². The minimum atomic E-state index is -0.0380. The molecule has 108 valence electrons. The van der Waals surface area contributed by atoms with Crippen LogP contribution in [0.15, 0.2) is 30.3 Å². The van der Waals surface area contributed by atoms with E-state index in [1.54, 1.807) is 0 Å². The van der Waals surface area contributed by atoms with Crippen molar-refractivity contribution >= 4 is 5.97 Å². The Morgan fingerprint density at radius 2 is 2.10 bits per heavy atom. The molecule has 1 heterocycles. The fourth-order valence-electron chi connectivity index (χ4n) is 4.02. The molecule has 2 aliphatic rings. The average Bonchev–Trinajstić information content (AvgIpc) is 3.08. The van der Waals surface area contributed by atoms with Gasteiger partial charge in [0, 0.05) is 12.1 Å². The van der Waals surface area contributed by atoms with E-state index in [2.05, 4.69) is 36.1 Å². The van der Waals surface area contributed by atoms with Crippen LogP contribution in [-0.4, -0.2) is 29.6 Å². The lowest BCUT2D eigenvalue weighted by Gasteiger charge is -2.38. The van der Waals surface area contributed by atoms with E-state index in [4.69, 9.17) is 4.74 Å². The van der Waals surface area contributed by atoms with Crippen molar-refractivity contribution in [3.63, 3.8) is 0 Å². The molecule has 1 aromatic rings. The van der Waals surface area contributed by atoms with Gasteiger partial charge in [-0.15, -0.1) is 0 Å². The van der Waals surface area contributed by atoms with Gasteiger partial charge < -0.3 is 4.74 Å². The second-order valence-corrected chi connectivity index (χ2v) is 5.96. The highest BCUT2D eigenvalue weighted by Gasteiger charge is 2.51. The Morgan fingerprint density at radius 1 is 1.35 bits per heavy atom. The number of hydrogen-bond acceptors (Lipinski definition) is 3. The van der Waals surface area contributed by atoms with Gasteiger partial charge in [-0.1, -0.05) is 30.3 Å². The molecule has 2 fully saturated rings. The number of carbonyl (C=O) groups is 1. The van der Waals surface area contributed by atoms with Crippen molar-refractivity contribution in [3.8, 4) is 0 Å². The van der Waals surface area contributed by atoms with Crippen molar-refractivity contribution in [3.05, 3.63) is 35.9 Å². The summed E-state index contributed by atoms with van der Waals surface area (Å²) in [5.41, 5.74) is 1.29. The van der Waals surface area contributed by atoms with Crippen LogP contribution in [0.5, 0.6) is 0 Å². The molecule has 3 heteroatoms. The minimum absolute atomic E-state index is 0.0255. The number of benzene rings is 1. The van der Waals surface area contributed by atoms with Crippen molar-refractivity contribution in [1.29, 1.82) is 0 Å². The van der Waals surface area contributed by atoms with Crippen LogP contribution in [0, 0.1) is 5.92 Å². The van der Waals surface area contributed by atoms with E-state index < -0.39 is 0 Å². The van der Waals surface area contributed by atoms with E-state index in [-0.39, 0.29) is 18.1 Å². The first-order valence-electron chi connectivity index (χ1n) is 7.71. The van der Waals surface area contributed by atoms with Crippen LogP contribution in [0.2, 0.25) is 0 Å². The summed E-state index contributed by atoms with van der Waals surface area (Å²) in [6.07, 6.45) is 3.55. The van der Waals surface area contributed by atoms with Gasteiger partial charge in [-0.2, -0.15) is 0 Å². The Kier molecular flexibility index (Phi) is 3.79. The number of likely N-dealkylation sites (tertiary alicyclic amines) is 1. The molecule has 1 aliphatic heterocycles. The molecule has 20 heavy (non-hydrogen) atoms. The number of ether oxygens (including phenoxy) is 1. The van der Waals surface area contributed by atoms with Crippen LogP contribution in [0.1, 0.15) is 44.7 Å². The first-order chi connectivity index (χ1) is 9.72. The Bertz CT molecular complexity index is 473. The Morgan fingerprint density at radius 3 is 2.80 bits per heavy atom. The van der Waals surface area contributed by atoms with Gasteiger partial charge >= 0.3 is 5.97 Å². The fraction of sp³-hybridized carbons (Fsp3) is 0.588. The Labute approximate surface area is 120 Å². The number of piperidine rings is 1. The zero-order valence-corrected chi connectivity index (χ0v) is 12.3. The largest absolute Gasteiger partial charge is 0.465 e. The highest BCUT2D eigenvalue weighted by Crippen LogP contribution is 2.46. The summed E-state index contributed by atoms with van der Waals surface area (Å²) in [5.74, 6) is 0.465. The van der Waals surface area contributed by atoms with Gasteiger partial charge in [0.2, 0.25) is 0 Å². The molecule has 3 rings (SSSR count). The summed E-state index contributed by atoms with van der Waals surface area (Å²) in [5, 5.41) is 0. The lowest BCUT2D eigenvalue weighted by Crippen LogP contribution is -2.47. The molecule has 1 aromatic carbocycles. The summed E-state index contributed by atoms with van der Waals surface area (Å²) >= 11 is 0. The van der Waals surface area contributed by atoms with Gasteiger partial charge in [-0.05, 0) is 44.6 Å². The number of fused-ring (bicyclic) bond motifs is 2. The van der Waals surface area contributed by atoms with Gasteiger partial charge in [0.15, 0.2) is 0 Å². The fourth-order valence-corrected chi connectivity index (χ4v) is 4.02. The van der Waals surface area contributed by atoms with Gasteiger partial charge in [0.1, 0.15) is 6.04 Å². The maximum absolute atomic E-state index is 12.3. The Balaban J connectivity index is 1.84. The van der Waals surface area contributed by atoms with Crippen molar-refractivity contribution in [2.75, 3.05) is 6.61 Å². The second kappa shape index (κ2) is 5.57. The average molecular weight is 273 g/mol. The van der Waals surface area contributed by atoms with E-state index in [1.165, 1.54) is 18.4 Å². The van der Waals surface area contributed by atoms with E-state index in [9.17, 15) is 4.79 Å². The highest BCUT2D eigenvalue weighted by molar-refractivity contribution is 5.77. The topological polar surface area (TPSA) is 29.5 Å². The molecule has 0 spiro atoms. The molecule has 0 N–H and O–H groups in total. The van der Waals surface area contributed by atoms with Crippen molar-refractivity contribution in [1.82, 2.24) is 4.90 Å². The molecule has 2 bridgehead atoms. The molecule has 1 saturated carbocycles. The first kappa shape index (κ1) is 13.6. The molecule has 0 radical (unpaired) electrons. The molecule has 0 aromatic heterocycles. The summed E-state index contributed by atoms with van der Waals surface area (Å²) in [4.78, 5) is 14.7. The van der Waals surface area contributed by atoms with Gasteiger partial charge in [0.25, 0.3) is 0 Å². The molecule has 0 unspecified atom stereocenters. The summed E-state index contributed by atoms with van der Waals surface area (Å²) in [6, 6.07) is 11.3. The first-order valence-corrected chi connectivity index (χ1v) is 7.71. The summed E-state index contributed by atoms with van der Waals surface area (Å²) in [7, 11) is 0. The minimum Gasteiger partial charge on any atom is -0.465 e. The monoisotopic (exact) mass is 273 g/mol. The van der Waals surface area contributed by atoms with Crippen LogP contribution in [-0.2, 0) is 9.53 Å². The second-order valence-electron chi connectivity index (χ2n) is 5.96. The summed E-state index contributed by atoms with van der Waals surface area (Å²) < 4.78 is 5.31. The van der Waals surface area contributed by atoms with Gasteiger partial charge in [-0.25, -0.2) is 0 Å². The maximum atomic E-state index is 12.3. The number of hydrogen-bond donors (Lipinski definition) is 0. The number of rotatable bonds is 4.